The lowest BCUT2D eigenvalue weighted by Crippen LogP contribution is -2.10. The molecule has 0 amide bonds. The van der Waals surface area contributed by atoms with Crippen LogP contribution in [0.25, 0.3) is 0 Å². The van der Waals surface area contributed by atoms with E-state index in [4.69, 9.17) is 4.74 Å². The van der Waals surface area contributed by atoms with Crippen molar-refractivity contribution in [1.82, 2.24) is 14.8 Å². The second-order valence-corrected chi connectivity index (χ2v) is 7.18. The summed E-state index contributed by atoms with van der Waals surface area (Å²) in [6, 6.07) is 17.4. The normalized spacial score (nSPS) is 12.0. The number of carbonyl (C=O) groups excluding carboxylic acids is 1. The Balaban J connectivity index is 1.62. The number of carbonyl (C=O) groups is 1. The van der Waals surface area contributed by atoms with Crippen molar-refractivity contribution in [3.8, 4) is 5.75 Å². The number of Topliss-reactive ketones (excluding diaryl/α,β-unsaturated/α-hetero) is 1. The average molecular weight is 382 g/mol. The number of ketones is 1. The van der Waals surface area contributed by atoms with Crippen LogP contribution in [0.2, 0.25) is 0 Å². The number of aryl methyl sites for hydroxylation is 1. The van der Waals surface area contributed by atoms with Gasteiger partial charge in [-0.3, -0.25) is 4.79 Å². The molecule has 140 valence electrons. The van der Waals surface area contributed by atoms with Crippen LogP contribution in [0.3, 0.4) is 0 Å². The fourth-order valence-electron chi connectivity index (χ4n) is 2.70. The minimum absolute atomic E-state index is 0.0745. The van der Waals surface area contributed by atoms with Crippen molar-refractivity contribution in [3.05, 3.63) is 71.5 Å². The summed E-state index contributed by atoms with van der Waals surface area (Å²) in [5.41, 5.74) is 1.98. The van der Waals surface area contributed by atoms with Gasteiger partial charge in [-0.05, 0) is 31.0 Å². The molecule has 5 nitrogen and oxygen atoms in total. The van der Waals surface area contributed by atoms with Crippen molar-refractivity contribution < 1.29 is 9.53 Å². The predicted molar refractivity (Wildman–Crippen MR) is 107 cm³/mol. The van der Waals surface area contributed by atoms with Gasteiger partial charge in [-0.15, -0.1) is 10.2 Å². The molecule has 27 heavy (non-hydrogen) atoms. The van der Waals surface area contributed by atoms with Crippen LogP contribution in [0.15, 0.2) is 59.8 Å². The lowest BCUT2D eigenvalue weighted by Gasteiger charge is -2.14. The van der Waals surface area contributed by atoms with E-state index in [1.807, 2.05) is 61.0 Å². The summed E-state index contributed by atoms with van der Waals surface area (Å²) in [7, 11) is 1.89. The molecule has 0 aliphatic rings. The van der Waals surface area contributed by atoms with E-state index in [1.54, 1.807) is 0 Å². The molecular formula is C21H23N3O2S. The van der Waals surface area contributed by atoms with Crippen molar-refractivity contribution in [2.24, 2.45) is 7.05 Å². The number of thioether (sulfide) groups is 1. The first-order valence-electron chi connectivity index (χ1n) is 8.94. The Kier molecular flexibility index (Phi) is 6.29. The lowest BCUT2D eigenvalue weighted by atomic mass is 10.2. The molecule has 0 bridgehead atoms. The Bertz CT molecular complexity index is 892. The molecule has 3 aromatic rings. The standard InChI is InChI=1S/C21H23N3O2S/c1-4-16-10-12-18(13-11-16)26-15(2)20-22-23-21(24(20)3)27-14-19(25)17-8-6-5-7-9-17/h5-13,15H,4,14H2,1-3H3/t15-/m0/s1. The summed E-state index contributed by atoms with van der Waals surface area (Å²) in [5.74, 6) is 1.93. The number of hydrogen-bond acceptors (Lipinski definition) is 5. The van der Waals surface area contributed by atoms with Gasteiger partial charge in [-0.1, -0.05) is 61.2 Å². The maximum Gasteiger partial charge on any atom is 0.191 e. The van der Waals surface area contributed by atoms with Crippen LogP contribution in [0.1, 0.15) is 41.7 Å². The largest absolute Gasteiger partial charge is 0.483 e. The van der Waals surface area contributed by atoms with Crippen LogP contribution in [0.4, 0.5) is 0 Å². The van der Waals surface area contributed by atoms with E-state index in [1.165, 1.54) is 17.3 Å². The van der Waals surface area contributed by atoms with Crippen molar-refractivity contribution in [3.63, 3.8) is 0 Å². The Morgan fingerprint density at radius 3 is 2.48 bits per heavy atom. The molecule has 0 saturated heterocycles. The molecule has 3 rings (SSSR count). The Morgan fingerprint density at radius 1 is 1.11 bits per heavy atom. The van der Waals surface area contributed by atoms with Crippen molar-refractivity contribution >= 4 is 17.5 Å². The third kappa shape index (κ3) is 4.77. The zero-order valence-electron chi connectivity index (χ0n) is 15.8. The molecule has 2 aromatic carbocycles. The van der Waals surface area contributed by atoms with Crippen molar-refractivity contribution in [2.75, 3.05) is 5.75 Å². The quantitative estimate of drug-likeness (QED) is 0.425. The number of ether oxygens (including phenoxy) is 1. The van der Waals surface area contributed by atoms with Crippen LogP contribution in [-0.4, -0.2) is 26.3 Å². The minimum atomic E-state index is -0.242. The molecule has 0 aliphatic carbocycles. The highest BCUT2D eigenvalue weighted by molar-refractivity contribution is 7.99. The van der Waals surface area contributed by atoms with Gasteiger partial charge in [0.25, 0.3) is 0 Å². The third-order valence-corrected chi connectivity index (χ3v) is 5.33. The first-order valence-corrected chi connectivity index (χ1v) is 9.93. The van der Waals surface area contributed by atoms with Crippen LogP contribution < -0.4 is 4.74 Å². The molecule has 0 saturated carbocycles. The van der Waals surface area contributed by atoms with Crippen molar-refractivity contribution in [2.45, 2.75) is 31.5 Å². The van der Waals surface area contributed by atoms with Gasteiger partial charge in [0.05, 0.1) is 5.75 Å². The highest BCUT2D eigenvalue weighted by Gasteiger charge is 2.18. The molecule has 0 spiro atoms. The van der Waals surface area contributed by atoms with Crippen LogP contribution >= 0.6 is 11.8 Å². The monoisotopic (exact) mass is 381 g/mol. The molecular weight excluding hydrogens is 358 g/mol. The Hall–Kier alpha value is -2.60. The summed E-state index contributed by atoms with van der Waals surface area (Å²) in [5, 5.41) is 9.17. The van der Waals surface area contributed by atoms with E-state index in [0.29, 0.717) is 16.5 Å². The van der Waals surface area contributed by atoms with E-state index in [9.17, 15) is 4.79 Å². The van der Waals surface area contributed by atoms with Crippen LogP contribution in [0.5, 0.6) is 5.75 Å². The molecule has 6 heteroatoms. The molecule has 1 heterocycles. The highest BCUT2D eigenvalue weighted by atomic mass is 32.2. The number of benzene rings is 2. The van der Waals surface area contributed by atoms with Gasteiger partial charge >= 0.3 is 0 Å². The lowest BCUT2D eigenvalue weighted by molar-refractivity contribution is 0.102. The second kappa shape index (κ2) is 8.86. The summed E-state index contributed by atoms with van der Waals surface area (Å²) in [6.45, 7) is 4.07. The molecule has 0 unspecified atom stereocenters. The van der Waals surface area contributed by atoms with E-state index in [2.05, 4.69) is 29.3 Å². The van der Waals surface area contributed by atoms with Gasteiger partial charge in [0, 0.05) is 12.6 Å². The van der Waals surface area contributed by atoms with Crippen molar-refractivity contribution in [1.29, 1.82) is 0 Å². The number of nitrogens with zero attached hydrogens (tertiary/aromatic N) is 3. The first-order chi connectivity index (χ1) is 13.1. The SMILES string of the molecule is CCc1ccc(O[C@@H](C)c2nnc(SCC(=O)c3ccccc3)n2C)cc1. The Morgan fingerprint density at radius 2 is 1.81 bits per heavy atom. The van der Waals surface area contributed by atoms with Crippen LogP contribution in [0, 0.1) is 0 Å². The van der Waals surface area contributed by atoms with Gasteiger partial charge in [0.15, 0.2) is 22.9 Å². The summed E-state index contributed by atoms with van der Waals surface area (Å²) in [6.07, 6.45) is 0.760. The van der Waals surface area contributed by atoms with E-state index >= 15 is 0 Å². The maximum absolute atomic E-state index is 12.3. The van der Waals surface area contributed by atoms with Gasteiger partial charge in [-0.25, -0.2) is 0 Å². The van der Waals surface area contributed by atoms with Gasteiger partial charge in [-0.2, -0.15) is 0 Å². The number of rotatable bonds is 8. The second-order valence-electron chi connectivity index (χ2n) is 6.24. The highest BCUT2D eigenvalue weighted by Crippen LogP contribution is 2.24. The zero-order chi connectivity index (χ0) is 19.2. The summed E-state index contributed by atoms with van der Waals surface area (Å²) >= 11 is 1.38. The minimum Gasteiger partial charge on any atom is -0.483 e. The number of hydrogen-bond donors (Lipinski definition) is 0. The molecule has 1 aromatic heterocycles. The first kappa shape index (κ1) is 19.2. The molecule has 0 fully saturated rings. The smallest absolute Gasteiger partial charge is 0.191 e. The zero-order valence-corrected chi connectivity index (χ0v) is 16.6. The Labute approximate surface area is 163 Å². The van der Waals surface area contributed by atoms with Gasteiger partial charge in [0.1, 0.15) is 5.75 Å². The van der Waals surface area contributed by atoms with E-state index in [0.717, 1.165) is 18.0 Å². The molecule has 0 aliphatic heterocycles. The fraction of sp³-hybridized carbons (Fsp3) is 0.286. The van der Waals surface area contributed by atoms with E-state index in [-0.39, 0.29) is 11.9 Å². The predicted octanol–water partition coefficient (Wildman–Crippen LogP) is 4.49. The number of aromatic nitrogens is 3. The topological polar surface area (TPSA) is 57.0 Å². The van der Waals surface area contributed by atoms with E-state index < -0.39 is 0 Å². The fourth-order valence-corrected chi connectivity index (χ4v) is 3.52. The summed E-state index contributed by atoms with van der Waals surface area (Å²) < 4.78 is 7.87. The molecule has 0 radical (unpaired) electrons. The van der Waals surface area contributed by atoms with Crippen LogP contribution in [-0.2, 0) is 13.5 Å². The van der Waals surface area contributed by atoms with Gasteiger partial charge in [0.2, 0.25) is 0 Å². The maximum atomic E-state index is 12.3. The average Bonchev–Trinajstić information content (AvgIpc) is 3.08. The molecule has 0 N–H and O–H groups in total. The van der Waals surface area contributed by atoms with Gasteiger partial charge < -0.3 is 9.30 Å². The molecule has 1 atom stereocenters. The third-order valence-electron chi connectivity index (χ3n) is 4.30. The summed E-state index contributed by atoms with van der Waals surface area (Å²) in [4.78, 5) is 12.3.